The van der Waals surface area contributed by atoms with Crippen molar-refractivity contribution in [2.45, 2.75) is 19.4 Å². The van der Waals surface area contributed by atoms with Gasteiger partial charge in [-0.3, -0.25) is 4.72 Å². The Morgan fingerprint density at radius 3 is 2.25 bits per heavy atom. The van der Waals surface area contributed by atoms with Gasteiger partial charge in [-0.1, -0.05) is 11.9 Å². The van der Waals surface area contributed by atoms with Crippen LogP contribution in [0.4, 0.5) is 0 Å². The van der Waals surface area contributed by atoms with Crippen molar-refractivity contribution in [3.63, 3.8) is 0 Å². The molecule has 2 nitrogen and oxygen atoms in total. The first-order chi connectivity index (χ1) is 3.56. The summed E-state index contributed by atoms with van der Waals surface area (Å²) in [6.45, 7) is 4.18. The molecular formula is C5H13NOS. The Kier molecular flexibility index (Phi) is 3.44. The molecule has 0 aromatic carbocycles. The molecule has 0 saturated carbocycles. The number of nitrogens with one attached hydrogen (secondary N) is 1. The molecule has 0 heterocycles. The Hall–Kier alpha value is 0.270. The lowest BCUT2D eigenvalue weighted by atomic mass is 10.1. The number of rotatable bonds is 3. The van der Waals surface area contributed by atoms with Crippen LogP contribution in [-0.2, 0) is 0 Å². The molecule has 2 N–H and O–H groups in total. The van der Waals surface area contributed by atoms with E-state index in [0.29, 0.717) is 6.54 Å². The van der Waals surface area contributed by atoms with Crippen LogP contribution in [-0.4, -0.2) is 23.5 Å². The van der Waals surface area contributed by atoms with Gasteiger partial charge in [0.15, 0.2) is 0 Å². The zero-order valence-electron chi connectivity index (χ0n) is 5.56. The summed E-state index contributed by atoms with van der Waals surface area (Å²) in [5.74, 6) is 0. The fourth-order valence-corrected chi connectivity index (χ4v) is 0.746. The molecule has 0 amide bonds. The summed E-state index contributed by atoms with van der Waals surface area (Å²) < 4.78 is 2.95. The van der Waals surface area contributed by atoms with Gasteiger partial charge in [0.2, 0.25) is 0 Å². The Morgan fingerprint density at radius 1 is 1.62 bits per heavy atom. The van der Waals surface area contributed by atoms with Gasteiger partial charge in [-0.25, -0.2) is 0 Å². The predicted molar refractivity (Wildman–Crippen MR) is 37.8 cm³/mol. The summed E-state index contributed by atoms with van der Waals surface area (Å²) in [6, 6.07) is 0. The molecule has 0 unspecified atom stereocenters. The van der Waals surface area contributed by atoms with Gasteiger partial charge in [0, 0.05) is 6.54 Å². The van der Waals surface area contributed by atoms with E-state index in [2.05, 4.69) is 4.72 Å². The molecule has 0 saturated heterocycles. The van der Waals surface area contributed by atoms with E-state index in [0.717, 1.165) is 0 Å². The van der Waals surface area contributed by atoms with Gasteiger partial charge in [0.1, 0.15) is 0 Å². The number of hydrogen-bond acceptors (Lipinski definition) is 3. The molecule has 0 spiro atoms. The Balaban J connectivity index is 3.11. The van der Waals surface area contributed by atoms with Crippen molar-refractivity contribution in [2.24, 2.45) is 0 Å². The van der Waals surface area contributed by atoms with Crippen LogP contribution < -0.4 is 4.72 Å². The lowest BCUT2D eigenvalue weighted by Gasteiger charge is -2.15. The van der Waals surface area contributed by atoms with Gasteiger partial charge in [-0.2, -0.15) is 0 Å². The van der Waals surface area contributed by atoms with Gasteiger partial charge in [-0.15, -0.1) is 0 Å². The first-order valence-corrected chi connectivity index (χ1v) is 3.77. The van der Waals surface area contributed by atoms with Crippen molar-refractivity contribution in [1.29, 1.82) is 0 Å². The third kappa shape index (κ3) is 6.27. The van der Waals surface area contributed by atoms with E-state index in [9.17, 15) is 0 Å². The van der Waals surface area contributed by atoms with Gasteiger partial charge >= 0.3 is 0 Å². The molecule has 0 fully saturated rings. The standard InChI is InChI=1S/C5H13NOS/c1-5(2,7)4-6-8-3/h6-7H,4H2,1-3H3. The second-order valence-corrected chi connectivity index (χ2v) is 3.03. The molecule has 0 rings (SSSR count). The van der Waals surface area contributed by atoms with E-state index in [-0.39, 0.29) is 0 Å². The highest BCUT2D eigenvalue weighted by molar-refractivity contribution is 7.96. The molecule has 0 aliphatic carbocycles. The van der Waals surface area contributed by atoms with Crippen LogP contribution in [0.1, 0.15) is 13.8 Å². The minimum absolute atomic E-state index is 0.580. The molecule has 0 aliphatic heterocycles. The zero-order chi connectivity index (χ0) is 6.62. The number of hydrogen-bond donors (Lipinski definition) is 2. The molecule has 0 bridgehead atoms. The predicted octanol–water partition coefficient (Wildman–Crippen LogP) is 0.625. The SMILES string of the molecule is CSNCC(C)(C)O. The molecule has 0 atom stereocenters. The maximum Gasteiger partial charge on any atom is 0.0724 e. The summed E-state index contributed by atoms with van der Waals surface area (Å²) in [5, 5.41) is 9.07. The highest BCUT2D eigenvalue weighted by Gasteiger charge is 2.09. The number of aliphatic hydroxyl groups is 1. The third-order valence-electron chi connectivity index (χ3n) is 0.649. The normalized spacial score (nSPS) is 12.0. The minimum Gasteiger partial charge on any atom is -0.389 e. The van der Waals surface area contributed by atoms with Crippen molar-refractivity contribution < 1.29 is 5.11 Å². The second kappa shape index (κ2) is 3.33. The molecule has 0 aromatic rings. The molecule has 0 aliphatic rings. The van der Waals surface area contributed by atoms with Crippen LogP contribution in [0.5, 0.6) is 0 Å². The second-order valence-electron chi connectivity index (χ2n) is 2.34. The smallest absolute Gasteiger partial charge is 0.0724 e. The van der Waals surface area contributed by atoms with E-state index in [1.54, 1.807) is 13.8 Å². The van der Waals surface area contributed by atoms with Crippen LogP contribution in [0.25, 0.3) is 0 Å². The summed E-state index contributed by atoms with van der Waals surface area (Å²) in [5.41, 5.74) is -0.580. The quantitative estimate of drug-likeness (QED) is 0.557. The van der Waals surface area contributed by atoms with E-state index in [1.165, 1.54) is 11.9 Å². The highest BCUT2D eigenvalue weighted by Crippen LogP contribution is 1.98. The summed E-state index contributed by atoms with van der Waals surface area (Å²) in [6.07, 6.45) is 1.94. The zero-order valence-corrected chi connectivity index (χ0v) is 6.38. The average molecular weight is 135 g/mol. The molecule has 0 aromatic heterocycles. The fourth-order valence-electron chi connectivity index (χ4n) is 0.249. The van der Waals surface area contributed by atoms with Gasteiger partial charge in [0.05, 0.1) is 5.60 Å². The maximum atomic E-state index is 9.07. The fraction of sp³-hybridized carbons (Fsp3) is 1.00. The first kappa shape index (κ1) is 8.27. The lowest BCUT2D eigenvalue weighted by Crippen LogP contribution is -2.31. The highest BCUT2D eigenvalue weighted by atomic mass is 32.2. The Morgan fingerprint density at radius 2 is 2.12 bits per heavy atom. The molecule has 50 valence electrons. The average Bonchev–Trinajstić information content (AvgIpc) is 1.59. The van der Waals surface area contributed by atoms with Gasteiger partial charge < -0.3 is 5.11 Å². The van der Waals surface area contributed by atoms with Crippen molar-refractivity contribution in [3.8, 4) is 0 Å². The van der Waals surface area contributed by atoms with Crippen LogP contribution in [0.15, 0.2) is 0 Å². The largest absolute Gasteiger partial charge is 0.389 e. The molecule has 0 radical (unpaired) electrons. The minimum atomic E-state index is -0.580. The summed E-state index contributed by atoms with van der Waals surface area (Å²) in [4.78, 5) is 0. The summed E-state index contributed by atoms with van der Waals surface area (Å²) >= 11 is 1.52. The van der Waals surface area contributed by atoms with Crippen LogP contribution in [0, 0.1) is 0 Å². The molecule has 3 heteroatoms. The van der Waals surface area contributed by atoms with Crippen LogP contribution in [0.3, 0.4) is 0 Å². The first-order valence-electron chi connectivity index (χ1n) is 2.54. The van der Waals surface area contributed by atoms with E-state index in [4.69, 9.17) is 5.11 Å². The monoisotopic (exact) mass is 135 g/mol. The van der Waals surface area contributed by atoms with Crippen molar-refractivity contribution in [3.05, 3.63) is 0 Å². The van der Waals surface area contributed by atoms with Crippen molar-refractivity contribution >= 4 is 11.9 Å². The Labute approximate surface area is 54.8 Å². The molecule has 8 heavy (non-hydrogen) atoms. The maximum absolute atomic E-state index is 9.07. The van der Waals surface area contributed by atoms with Gasteiger partial charge in [-0.05, 0) is 20.1 Å². The van der Waals surface area contributed by atoms with Crippen LogP contribution >= 0.6 is 11.9 Å². The lowest BCUT2D eigenvalue weighted by molar-refractivity contribution is 0.0865. The molecular weight excluding hydrogens is 122 g/mol. The third-order valence-corrected chi connectivity index (χ3v) is 1.08. The van der Waals surface area contributed by atoms with E-state index < -0.39 is 5.60 Å². The van der Waals surface area contributed by atoms with Gasteiger partial charge in [0.25, 0.3) is 0 Å². The Bertz CT molecular complexity index is 59.9. The van der Waals surface area contributed by atoms with Crippen molar-refractivity contribution in [2.75, 3.05) is 12.8 Å². The van der Waals surface area contributed by atoms with Crippen molar-refractivity contribution in [1.82, 2.24) is 4.72 Å². The van der Waals surface area contributed by atoms with E-state index >= 15 is 0 Å². The topological polar surface area (TPSA) is 32.3 Å². The summed E-state index contributed by atoms with van der Waals surface area (Å²) in [7, 11) is 0. The van der Waals surface area contributed by atoms with E-state index in [1.807, 2.05) is 6.26 Å². The van der Waals surface area contributed by atoms with Crippen LogP contribution in [0.2, 0.25) is 0 Å².